The quantitative estimate of drug-likeness (QED) is 0.632. The summed E-state index contributed by atoms with van der Waals surface area (Å²) in [7, 11) is -0.895. The van der Waals surface area contributed by atoms with E-state index in [0.29, 0.717) is 12.0 Å². The standard InChI is InChI=1S/C13H25N3O2S/c1-12(2)5-9-13(3,7-18-12)8-6-14-11(19(4)17)16-10(8)15-9/h8-11,14-16H,5-7H2,1-4H3/t8?,9-,10?,11?,13-,19?/m1/s1. The van der Waals surface area contributed by atoms with Crippen LogP contribution in [-0.2, 0) is 15.5 Å². The molecule has 5 nitrogen and oxygen atoms in total. The highest BCUT2D eigenvalue weighted by Crippen LogP contribution is 2.47. The van der Waals surface area contributed by atoms with Crippen LogP contribution in [0.25, 0.3) is 0 Å². The van der Waals surface area contributed by atoms with Gasteiger partial charge in [-0.05, 0) is 20.3 Å². The first-order chi connectivity index (χ1) is 8.82. The van der Waals surface area contributed by atoms with Crippen molar-refractivity contribution in [1.29, 1.82) is 0 Å². The highest BCUT2D eigenvalue weighted by atomic mass is 32.2. The Bertz CT molecular complexity index is 403. The van der Waals surface area contributed by atoms with Crippen LogP contribution in [-0.4, -0.2) is 46.9 Å². The minimum absolute atomic E-state index is 0.0505. The molecule has 6 heteroatoms. The molecule has 0 amide bonds. The molecule has 0 aromatic rings. The predicted molar refractivity (Wildman–Crippen MR) is 75.9 cm³/mol. The summed E-state index contributed by atoms with van der Waals surface area (Å²) < 4.78 is 17.7. The van der Waals surface area contributed by atoms with E-state index in [4.69, 9.17) is 4.74 Å². The van der Waals surface area contributed by atoms with E-state index in [2.05, 4.69) is 36.7 Å². The number of rotatable bonds is 1. The molecular formula is C13H25N3O2S. The van der Waals surface area contributed by atoms with Crippen LogP contribution >= 0.6 is 0 Å². The summed E-state index contributed by atoms with van der Waals surface area (Å²) in [5, 5.41) is 10.5. The normalized spacial score (nSPS) is 50.3. The molecule has 3 rings (SSSR count). The van der Waals surface area contributed by atoms with E-state index < -0.39 is 10.8 Å². The van der Waals surface area contributed by atoms with Crippen molar-refractivity contribution in [2.24, 2.45) is 11.3 Å². The molecular weight excluding hydrogens is 262 g/mol. The molecule has 0 saturated carbocycles. The zero-order chi connectivity index (χ0) is 13.8. The molecule has 0 spiro atoms. The number of hydrogen-bond donors (Lipinski definition) is 3. The third kappa shape index (κ3) is 2.27. The van der Waals surface area contributed by atoms with Gasteiger partial charge in [-0.2, -0.15) is 0 Å². The number of nitrogens with one attached hydrogen (secondary N) is 3. The molecule has 0 aromatic heterocycles. The monoisotopic (exact) mass is 287 g/mol. The van der Waals surface area contributed by atoms with Gasteiger partial charge in [0.25, 0.3) is 0 Å². The molecule has 3 aliphatic heterocycles. The van der Waals surface area contributed by atoms with E-state index in [1.165, 1.54) is 0 Å². The zero-order valence-electron chi connectivity index (χ0n) is 12.2. The number of fused-ring (bicyclic) bond motifs is 3. The van der Waals surface area contributed by atoms with Crippen LogP contribution in [0.5, 0.6) is 0 Å². The van der Waals surface area contributed by atoms with Gasteiger partial charge in [-0.25, -0.2) is 0 Å². The second-order valence-corrected chi connectivity index (χ2v) is 8.48. The molecule has 3 aliphatic rings. The van der Waals surface area contributed by atoms with E-state index in [0.717, 1.165) is 19.6 Å². The van der Waals surface area contributed by atoms with Gasteiger partial charge in [0.15, 0.2) is 0 Å². The van der Waals surface area contributed by atoms with Gasteiger partial charge in [0.2, 0.25) is 0 Å². The molecule has 0 aromatic carbocycles. The molecule has 6 atom stereocenters. The van der Waals surface area contributed by atoms with E-state index in [1.807, 2.05) is 0 Å². The molecule has 0 aliphatic carbocycles. The second-order valence-electron chi connectivity index (χ2n) is 7.02. The third-order valence-electron chi connectivity index (χ3n) is 5.08. The lowest BCUT2D eigenvalue weighted by atomic mass is 9.69. The predicted octanol–water partition coefficient (Wildman–Crippen LogP) is -0.0394. The largest absolute Gasteiger partial charge is 0.375 e. The van der Waals surface area contributed by atoms with Crippen molar-refractivity contribution in [3.05, 3.63) is 0 Å². The van der Waals surface area contributed by atoms with Crippen molar-refractivity contribution >= 4 is 10.8 Å². The molecule has 3 fully saturated rings. The first-order valence-electron chi connectivity index (χ1n) is 7.03. The van der Waals surface area contributed by atoms with Gasteiger partial charge in [-0.1, -0.05) is 6.92 Å². The summed E-state index contributed by atoms with van der Waals surface area (Å²) in [5.41, 5.74) is -0.00251. The van der Waals surface area contributed by atoms with Gasteiger partial charge in [0, 0.05) is 30.2 Å². The average molecular weight is 287 g/mol. The summed E-state index contributed by atoms with van der Waals surface area (Å²) in [4.78, 5) is 0. The Balaban J connectivity index is 1.78. The van der Waals surface area contributed by atoms with Crippen LogP contribution in [0.4, 0.5) is 0 Å². The van der Waals surface area contributed by atoms with E-state index in [9.17, 15) is 4.21 Å². The first kappa shape index (κ1) is 13.9. The van der Waals surface area contributed by atoms with Crippen LogP contribution in [0.3, 0.4) is 0 Å². The average Bonchev–Trinajstić information content (AvgIpc) is 2.60. The first-order valence-corrected chi connectivity index (χ1v) is 8.66. The fraction of sp³-hybridized carbons (Fsp3) is 1.00. The minimum Gasteiger partial charge on any atom is -0.375 e. The van der Waals surface area contributed by atoms with E-state index in [1.54, 1.807) is 6.26 Å². The van der Waals surface area contributed by atoms with Gasteiger partial charge in [-0.3, -0.25) is 20.2 Å². The Morgan fingerprint density at radius 1 is 1.26 bits per heavy atom. The molecule has 0 bridgehead atoms. The molecule has 19 heavy (non-hydrogen) atoms. The van der Waals surface area contributed by atoms with Crippen LogP contribution in [0.15, 0.2) is 0 Å². The maximum atomic E-state index is 11.6. The highest BCUT2D eigenvalue weighted by Gasteiger charge is 2.57. The van der Waals surface area contributed by atoms with Gasteiger partial charge >= 0.3 is 0 Å². The molecule has 3 heterocycles. The van der Waals surface area contributed by atoms with Crippen molar-refractivity contribution in [2.45, 2.75) is 50.5 Å². The zero-order valence-corrected chi connectivity index (χ0v) is 13.0. The maximum absolute atomic E-state index is 11.6. The Labute approximate surface area is 117 Å². The lowest BCUT2D eigenvalue weighted by Crippen LogP contribution is -2.63. The molecule has 3 saturated heterocycles. The Hall–Kier alpha value is -0.0100. The highest BCUT2D eigenvalue weighted by molar-refractivity contribution is 7.84. The summed E-state index contributed by atoms with van der Waals surface area (Å²) >= 11 is 0. The number of ether oxygens (including phenoxy) is 1. The van der Waals surface area contributed by atoms with Crippen molar-refractivity contribution < 1.29 is 8.95 Å². The smallest absolute Gasteiger partial charge is 0.136 e. The molecule has 4 unspecified atom stereocenters. The SMILES string of the molecule is CS(=O)C1NCC2C(N1)N[C@@H]1CC(C)(C)OC[C@]21C. The molecule has 0 radical (unpaired) electrons. The van der Waals surface area contributed by atoms with Gasteiger partial charge in [-0.15, -0.1) is 0 Å². The van der Waals surface area contributed by atoms with E-state index in [-0.39, 0.29) is 22.7 Å². The third-order valence-corrected chi connectivity index (χ3v) is 6.05. The van der Waals surface area contributed by atoms with Gasteiger partial charge in [0.05, 0.1) is 29.2 Å². The minimum atomic E-state index is -0.895. The van der Waals surface area contributed by atoms with Crippen LogP contribution in [0, 0.1) is 11.3 Å². The summed E-state index contributed by atoms with van der Waals surface area (Å²) in [6.45, 7) is 8.32. The molecule has 110 valence electrons. The lowest BCUT2D eigenvalue weighted by molar-refractivity contribution is -0.125. The Kier molecular flexibility index (Phi) is 3.30. The van der Waals surface area contributed by atoms with Crippen molar-refractivity contribution in [3.63, 3.8) is 0 Å². The summed E-state index contributed by atoms with van der Waals surface area (Å²) in [6.07, 6.45) is 3.00. The molecule has 3 N–H and O–H groups in total. The number of hydrogen-bond acceptors (Lipinski definition) is 5. The summed E-state index contributed by atoms with van der Waals surface area (Å²) in [6, 6.07) is 0.463. The second kappa shape index (κ2) is 4.49. The van der Waals surface area contributed by atoms with Crippen molar-refractivity contribution in [1.82, 2.24) is 16.0 Å². The van der Waals surface area contributed by atoms with Crippen LogP contribution in [0.1, 0.15) is 27.2 Å². The summed E-state index contributed by atoms with van der Waals surface area (Å²) in [5.74, 6) is 0.480. The van der Waals surface area contributed by atoms with Gasteiger partial charge in [0.1, 0.15) is 5.50 Å². The lowest BCUT2D eigenvalue weighted by Gasteiger charge is -2.47. The van der Waals surface area contributed by atoms with Crippen molar-refractivity contribution in [2.75, 3.05) is 19.4 Å². The van der Waals surface area contributed by atoms with Crippen LogP contribution in [0.2, 0.25) is 0 Å². The maximum Gasteiger partial charge on any atom is 0.136 e. The Morgan fingerprint density at radius 3 is 2.68 bits per heavy atom. The topological polar surface area (TPSA) is 62.4 Å². The Morgan fingerprint density at radius 2 is 2.00 bits per heavy atom. The van der Waals surface area contributed by atoms with Crippen molar-refractivity contribution in [3.8, 4) is 0 Å². The van der Waals surface area contributed by atoms with E-state index >= 15 is 0 Å². The van der Waals surface area contributed by atoms with Crippen LogP contribution < -0.4 is 16.0 Å². The fourth-order valence-corrected chi connectivity index (χ4v) is 4.42. The van der Waals surface area contributed by atoms with Gasteiger partial charge < -0.3 is 4.74 Å². The fourth-order valence-electron chi connectivity index (χ4n) is 3.75.